The van der Waals surface area contributed by atoms with Crippen LogP contribution in [0.15, 0.2) is 54.6 Å². The third kappa shape index (κ3) is 14.5. The van der Waals surface area contributed by atoms with Gasteiger partial charge in [-0.2, -0.15) is 11.8 Å². The molecule has 0 fully saturated rings. The van der Waals surface area contributed by atoms with E-state index in [4.69, 9.17) is 9.47 Å². The Kier molecular flexibility index (Phi) is 16.2. The van der Waals surface area contributed by atoms with Crippen LogP contribution in [0.4, 0.5) is 4.79 Å². The van der Waals surface area contributed by atoms with Crippen molar-refractivity contribution in [1.82, 2.24) is 15.5 Å². The standard InChI is InChI=1S/C39H59N3O6S/c1-26(2)21-22-28(4)42(35(44)31(23-24-49-11)41-37(46)48-39(8,9)10)33(30-20-16-15-17-27(30)3)34(43)40-32(36(45)47-38(5,6)7)25-29-18-13-12-14-19-29/h12-20,26,28,31-33H,21-25H2,1-11H3,(H,40,43)(H,41,46). The second kappa shape index (κ2) is 19.0. The Labute approximate surface area is 298 Å². The molecule has 0 aliphatic carbocycles. The lowest BCUT2D eigenvalue weighted by Crippen LogP contribution is -2.57. The van der Waals surface area contributed by atoms with Crippen LogP contribution in [0.3, 0.4) is 0 Å². The number of nitrogens with one attached hydrogen (secondary N) is 2. The monoisotopic (exact) mass is 697 g/mol. The SMILES string of the molecule is CSCCC(NC(=O)OC(C)(C)C)C(=O)N(C(C)CCC(C)C)C(C(=O)NC(Cc1ccccc1)C(=O)OC(C)(C)C)c1ccccc1C. The maximum Gasteiger partial charge on any atom is 0.408 e. The largest absolute Gasteiger partial charge is 0.458 e. The second-order valence-electron chi connectivity index (χ2n) is 15.1. The quantitative estimate of drug-likeness (QED) is 0.176. The second-order valence-corrected chi connectivity index (χ2v) is 16.1. The average molecular weight is 698 g/mol. The van der Waals surface area contributed by atoms with E-state index in [0.717, 1.165) is 17.5 Å². The van der Waals surface area contributed by atoms with Crippen molar-refractivity contribution in [2.24, 2.45) is 5.92 Å². The predicted octanol–water partition coefficient (Wildman–Crippen LogP) is 7.41. The van der Waals surface area contributed by atoms with Gasteiger partial charge >= 0.3 is 12.1 Å². The summed E-state index contributed by atoms with van der Waals surface area (Å²) >= 11 is 1.56. The van der Waals surface area contributed by atoms with Crippen molar-refractivity contribution >= 4 is 35.6 Å². The van der Waals surface area contributed by atoms with Gasteiger partial charge in [0.2, 0.25) is 11.8 Å². The van der Waals surface area contributed by atoms with Crippen molar-refractivity contribution in [2.75, 3.05) is 12.0 Å². The van der Waals surface area contributed by atoms with E-state index >= 15 is 0 Å². The number of thioether (sulfide) groups is 1. The smallest absolute Gasteiger partial charge is 0.408 e. The van der Waals surface area contributed by atoms with Gasteiger partial charge in [0.15, 0.2) is 0 Å². The molecule has 0 radical (unpaired) electrons. The molecular weight excluding hydrogens is 639 g/mol. The zero-order valence-electron chi connectivity index (χ0n) is 31.4. The highest BCUT2D eigenvalue weighted by Crippen LogP contribution is 2.30. The van der Waals surface area contributed by atoms with Crippen LogP contribution < -0.4 is 10.6 Å². The summed E-state index contributed by atoms with van der Waals surface area (Å²) < 4.78 is 11.3. The molecule has 0 aliphatic rings. The highest BCUT2D eigenvalue weighted by Gasteiger charge is 2.41. The summed E-state index contributed by atoms with van der Waals surface area (Å²) in [6, 6.07) is 13.4. The third-order valence-electron chi connectivity index (χ3n) is 7.79. The summed E-state index contributed by atoms with van der Waals surface area (Å²) in [6.07, 6.45) is 3.22. The van der Waals surface area contributed by atoms with Crippen LogP contribution >= 0.6 is 11.8 Å². The van der Waals surface area contributed by atoms with Gasteiger partial charge in [-0.1, -0.05) is 68.4 Å². The summed E-state index contributed by atoms with van der Waals surface area (Å²) in [7, 11) is 0. The van der Waals surface area contributed by atoms with Crippen molar-refractivity contribution in [3.8, 4) is 0 Å². The number of ether oxygens (including phenoxy) is 2. The minimum atomic E-state index is -1.10. The van der Waals surface area contributed by atoms with Crippen LogP contribution in [0.25, 0.3) is 0 Å². The maximum atomic E-state index is 14.8. The number of aryl methyl sites for hydroxylation is 1. The summed E-state index contributed by atoms with van der Waals surface area (Å²) in [6.45, 7) is 18.7. The first-order valence-corrected chi connectivity index (χ1v) is 18.7. The minimum Gasteiger partial charge on any atom is -0.458 e. The number of esters is 1. The number of carbonyl (C=O) groups is 4. The summed E-state index contributed by atoms with van der Waals surface area (Å²) in [4.78, 5) is 57.9. The van der Waals surface area contributed by atoms with Crippen LogP contribution in [0, 0.1) is 12.8 Å². The Morgan fingerprint density at radius 3 is 1.92 bits per heavy atom. The summed E-state index contributed by atoms with van der Waals surface area (Å²) in [5.41, 5.74) is 0.753. The highest BCUT2D eigenvalue weighted by molar-refractivity contribution is 7.98. The summed E-state index contributed by atoms with van der Waals surface area (Å²) in [5.74, 6) is -0.509. The van der Waals surface area contributed by atoms with E-state index in [1.165, 1.54) is 0 Å². The third-order valence-corrected chi connectivity index (χ3v) is 8.43. The topological polar surface area (TPSA) is 114 Å². The minimum absolute atomic E-state index is 0.204. The van der Waals surface area contributed by atoms with Crippen LogP contribution in [-0.2, 0) is 30.3 Å². The van der Waals surface area contributed by atoms with Gasteiger partial charge in [0.25, 0.3) is 0 Å². The highest BCUT2D eigenvalue weighted by atomic mass is 32.2. The molecule has 9 nitrogen and oxygen atoms in total. The molecule has 4 atom stereocenters. The molecule has 0 aliphatic heterocycles. The van der Waals surface area contributed by atoms with Crippen molar-refractivity contribution in [2.45, 2.75) is 130 Å². The van der Waals surface area contributed by atoms with Crippen LogP contribution in [0.1, 0.15) is 104 Å². The Morgan fingerprint density at radius 2 is 1.37 bits per heavy atom. The van der Waals surface area contributed by atoms with Gasteiger partial charge in [-0.3, -0.25) is 9.59 Å². The average Bonchev–Trinajstić information content (AvgIpc) is 2.99. The van der Waals surface area contributed by atoms with E-state index in [9.17, 15) is 19.2 Å². The zero-order valence-corrected chi connectivity index (χ0v) is 32.2. The number of hydrogen-bond donors (Lipinski definition) is 2. The molecule has 2 aromatic carbocycles. The lowest BCUT2D eigenvalue weighted by molar-refractivity contribution is -0.159. The molecule has 0 heterocycles. The van der Waals surface area contributed by atoms with Crippen LogP contribution in [-0.4, -0.2) is 70.1 Å². The predicted molar refractivity (Wildman–Crippen MR) is 198 cm³/mol. The molecule has 10 heteroatoms. The van der Waals surface area contributed by atoms with Gasteiger partial charge in [0.05, 0.1) is 0 Å². The maximum absolute atomic E-state index is 14.8. The molecule has 4 unspecified atom stereocenters. The van der Waals surface area contributed by atoms with Gasteiger partial charge < -0.3 is 25.0 Å². The molecule has 272 valence electrons. The Balaban J connectivity index is 2.71. The van der Waals surface area contributed by atoms with Crippen LogP contribution in [0.5, 0.6) is 0 Å². The molecule has 49 heavy (non-hydrogen) atoms. The molecule has 0 bridgehead atoms. The molecule has 0 saturated carbocycles. The first kappa shape index (κ1) is 41.6. The fraction of sp³-hybridized carbons (Fsp3) is 0.590. The van der Waals surface area contributed by atoms with Gasteiger partial charge in [-0.05, 0) is 109 Å². The number of amides is 3. The Morgan fingerprint density at radius 1 is 0.776 bits per heavy atom. The van der Waals surface area contributed by atoms with E-state index in [1.54, 1.807) is 58.2 Å². The van der Waals surface area contributed by atoms with E-state index in [0.29, 0.717) is 30.1 Å². The molecule has 0 saturated heterocycles. The normalized spacial score (nSPS) is 14.3. The first-order valence-electron chi connectivity index (χ1n) is 17.3. The van der Waals surface area contributed by atoms with E-state index < -0.39 is 59.2 Å². The van der Waals surface area contributed by atoms with Gasteiger partial charge in [0.1, 0.15) is 29.3 Å². The van der Waals surface area contributed by atoms with Gasteiger partial charge in [-0.15, -0.1) is 0 Å². The number of carbonyl (C=O) groups excluding carboxylic acids is 4. The van der Waals surface area contributed by atoms with E-state index in [-0.39, 0.29) is 6.42 Å². The number of nitrogens with zero attached hydrogens (tertiary/aromatic N) is 1. The van der Waals surface area contributed by atoms with Gasteiger partial charge in [-0.25, -0.2) is 9.59 Å². The fourth-order valence-corrected chi connectivity index (χ4v) is 5.88. The lowest BCUT2D eigenvalue weighted by atomic mass is 9.94. The van der Waals surface area contributed by atoms with Crippen LogP contribution in [0.2, 0.25) is 0 Å². The number of hydrogen-bond acceptors (Lipinski definition) is 7. The molecule has 2 aromatic rings. The fourth-order valence-electron chi connectivity index (χ4n) is 5.41. The first-order chi connectivity index (χ1) is 22.8. The molecule has 2 N–H and O–H groups in total. The van der Waals surface area contributed by atoms with E-state index in [2.05, 4.69) is 24.5 Å². The van der Waals surface area contributed by atoms with Crippen molar-refractivity contribution < 1.29 is 28.7 Å². The molecule has 0 spiro atoms. The molecular formula is C39H59N3O6S. The number of alkyl carbamates (subject to hydrolysis) is 1. The van der Waals surface area contributed by atoms with Crippen molar-refractivity contribution in [1.29, 1.82) is 0 Å². The number of rotatable bonds is 16. The molecule has 0 aromatic heterocycles. The molecule has 3 amide bonds. The van der Waals surface area contributed by atoms with Crippen molar-refractivity contribution in [3.05, 3.63) is 71.3 Å². The summed E-state index contributed by atoms with van der Waals surface area (Å²) in [5, 5.41) is 5.81. The lowest BCUT2D eigenvalue weighted by Gasteiger charge is -2.39. The van der Waals surface area contributed by atoms with Gasteiger partial charge in [0, 0.05) is 12.5 Å². The van der Waals surface area contributed by atoms with Crippen molar-refractivity contribution in [3.63, 3.8) is 0 Å². The number of benzene rings is 2. The Bertz CT molecular complexity index is 1370. The van der Waals surface area contributed by atoms with E-state index in [1.807, 2.05) is 74.7 Å². The zero-order chi connectivity index (χ0) is 36.9. The Hall–Kier alpha value is -3.53. The molecule has 2 rings (SSSR count).